The van der Waals surface area contributed by atoms with Crippen molar-refractivity contribution in [3.63, 3.8) is 0 Å². The summed E-state index contributed by atoms with van der Waals surface area (Å²) >= 11 is 0. The number of carbonyl (C=O) groups is 3. The number of carbonyl (C=O) groups excluding carboxylic acids is 3. The summed E-state index contributed by atoms with van der Waals surface area (Å²) in [4.78, 5) is 58.3. The number of hydrogen-bond donors (Lipinski definition) is 4. The average molecular weight is 1330 g/mol. The van der Waals surface area contributed by atoms with Crippen LogP contribution in [-0.4, -0.2) is 95.9 Å². The van der Waals surface area contributed by atoms with Gasteiger partial charge in [-0.1, -0.05) is 260 Å². The number of esters is 3. The van der Waals surface area contributed by atoms with Crippen molar-refractivity contribution in [3.05, 3.63) is 85.1 Å². The minimum atomic E-state index is -4.92. The van der Waals surface area contributed by atoms with E-state index in [9.17, 15) is 43.5 Å². The first-order valence-corrected chi connectivity index (χ1v) is 38.9. The predicted octanol–water partition coefficient (Wildman–Crippen LogP) is 20.1. The van der Waals surface area contributed by atoms with Gasteiger partial charge >= 0.3 is 33.6 Å². The molecule has 0 spiro atoms. The number of rotatable bonds is 68. The number of hydrogen-bond acceptors (Lipinski definition) is 14. The molecule has 0 aromatic heterocycles. The Kier molecular flexibility index (Phi) is 64.3. The van der Waals surface area contributed by atoms with Gasteiger partial charge < -0.3 is 34.2 Å². The topological polar surface area (TPSA) is 231 Å². The number of phosphoric ester groups is 2. The van der Waals surface area contributed by atoms with Crippen molar-refractivity contribution in [2.24, 2.45) is 0 Å². The summed E-state index contributed by atoms with van der Waals surface area (Å²) in [6.45, 7) is 2.51. The van der Waals surface area contributed by atoms with Crippen molar-refractivity contribution in [2.75, 3.05) is 39.6 Å². The molecular weight excluding hydrogens is 1190 g/mol. The summed E-state index contributed by atoms with van der Waals surface area (Å²) in [7, 11) is -9.77. The van der Waals surface area contributed by atoms with Crippen molar-refractivity contribution in [1.82, 2.24) is 0 Å². The Morgan fingerprint density at radius 1 is 0.319 bits per heavy atom. The maximum absolute atomic E-state index is 12.9. The lowest BCUT2D eigenvalue weighted by atomic mass is 10.0. The third-order valence-corrected chi connectivity index (χ3v) is 17.0. The van der Waals surface area contributed by atoms with Gasteiger partial charge in [0.2, 0.25) is 0 Å². The number of allylic oxidation sites excluding steroid dienone is 14. The SMILES string of the molecule is CC/C=C\C/C=C\C/C=C\C/C=C\C/C=C\CCCCCCCCCCCCCCCC(=O)OCC(O)COP(=O)(O)OCC(O)COP(=O)(O)OCC(COC(=O)CCCCCCC/C=C\CCCCCCCC)OC(=O)CCCCCCC/C=C\CCCC. The van der Waals surface area contributed by atoms with Gasteiger partial charge in [-0.2, -0.15) is 0 Å². The molecule has 0 saturated heterocycles. The molecule has 0 fully saturated rings. The summed E-state index contributed by atoms with van der Waals surface area (Å²) in [6, 6.07) is 0. The lowest BCUT2D eigenvalue weighted by Crippen LogP contribution is -2.30. The van der Waals surface area contributed by atoms with Crippen LogP contribution < -0.4 is 0 Å². The highest BCUT2D eigenvalue weighted by atomic mass is 31.2. The van der Waals surface area contributed by atoms with Gasteiger partial charge in [0.25, 0.3) is 0 Å². The second-order valence-corrected chi connectivity index (χ2v) is 26.9. The van der Waals surface area contributed by atoms with E-state index in [1.165, 1.54) is 109 Å². The lowest BCUT2D eigenvalue weighted by Gasteiger charge is -2.21. The number of unbranched alkanes of at least 4 members (excludes halogenated alkanes) is 31. The zero-order chi connectivity index (χ0) is 66.7. The van der Waals surface area contributed by atoms with Gasteiger partial charge in [0.05, 0.1) is 26.4 Å². The summed E-state index contributed by atoms with van der Waals surface area (Å²) in [5, 5.41) is 20.6. The second-order valence-electron chi connectivity index (χ2n) is 24.0. The molecule has 18 heteroatoms. The van der Waals surface area contributed by atoms with E-state index < -0.39 is 91.5 Å². The van der Waals surface area contributed by atoms with E-state index in [2.05, 4.69) is 106 Å². The molecule has 91 heavy (non-hydrogen) atoms. The minimum absolute atomic E-state index is 0.0946. The van der Waals surface area contributed by atoms with Crippen LogP contribution in [0, 0.1) is 0 Å². The van der Waals surface area contributed by atoms with Gasteiger partial charge in [-0.3, -0.25) is 32.5 Å². The molecule has 0 saturated carbocycles. The number of ether oxygens (including phenoxy) is 3. The molecule has 0 aliphatic heterocycles. The van der Waals surface area contributed by atoms with Crippen LogP contribution >= 0.6 is 15.6 Å². The second kappa shape index (κ2) is 66.7. The fourth-order valence-corrected chi connectivity index (χ4v) is 11.2. The van der Waals surface area contributed by atoms with Crippen LogP contribution in [0.1, 0.15) is 303 Å². The van der Waals surface area contributed by atoms with Gasteiger partial charge in [-0.05, 0) is 109 Å². The highest BCUT2D eigenvalue weighted by molar-refractivity contribution is 7.47. The Hall–Kier alpha value is -3.27. The molecule has 0 radical (unpaired) electrons. The van der Waals surface area contributed by atoms with Crippen molar-refractivity contribution >= 4 is 33.6 Å². The summed E-state index contributed by atoms with van der Waals surface area (Å²) < 4.78 is 60.8. The zero-order valence-corrected chi connectivity index (χ0v) is 59.0. The van der Waals surface area contributed by atoms with Gasteiger partial charge in [0.15, 0.2) is 6.10 Å². The van der Waals surface area contributed by atoms with E-state index in [1.807, 2.05) is 0 Å². The molecule has 5 atom stereocenters. The van der Waals surface area contributed by atoms with E-state index in [0.717, 1.165) is 135 Å². The molecule has 0 amide bonds. The van der Waals surface area contributed by atoms with Gasteiger partial charge in [0, 0.05) is 19.3 Å². The van der Waals surface area contributed by atoms with Crippen LogP contribution in [0.5, 0.6) is 0 Å². The number of aliphatic hydroxyl groups is 2. The normalized spacial score (nSPS) is 14.7. The Morgan fingerprint density at radius 2 is 0.593 bits per heavy atom. The largest absolute Gasteiger partial charge is 0.472 e. The Labute approximate surface area is 553 Å². The standard InChI is InChI=1S/C73H130O16P2/c1-4-7-10-13-16-19-22-24-26-27-28-29-30-31-32-33-34-35-36-37-38-39-41-43-45-47-50-53-56-59-71(76)83-62-68(74)63-85-90(79,80)86-64-69(75)65-87-91(81,82)88-67-70(89-73(78)61-58-55-52-49-44-21-18-15-12-9-6-3)66-84-72(77)60-57-54-51-48-46-42-40-25-23-20-17-14-11-8-5-2/h7,10,15-16,18-19,24-26,28-29,31-32,40,68-70,74-75H,4-6,8-9,11-14,17,20-23,27,30,33-39,41-67H2,1-3H3,(H,79,80)(H,81,82)/b10-7-,18-15-,19-16-,26-24-,29-28-,32-31-,40-25-. The number of aliphatic hydroxyl groups excluding tert-OH is 2. The molecular formula is C73H130O16P2. The third kappa shape index (κ3) is 67.9. The Morgan fingerprint density at radius 3 is 0.967 bits per heavy atom. The van der Waals surface area contributed by atoms with E-state index in [0.29, 0.717) is 19.3 Å². The minimum Gasteiger partial charge on any atom is -0.463 e. The molecule has 528 valence electrons. The van der Waals surface area contributed by atoms with Crippen LogP contribution in [0.15, 0.2) is 85.1 Å². The first-order valence-electron chi connectivity index (χ1n) is 35.9. The smallest absolute Gasteiger partial charge is 0.463 e. The van der Waals surface area contributed by atoms with E-state index in [4.69, 9.17) is 32.3 Å². The summed E-state index contributed by atoms with van der Waals surface area (Å²) in [5.74, 6) is -1.59. The zero-order valence-electron chi connectivity index (χ0n) is 57.3. The van der Waals surface area contributed by atoms with Crippen LogP contribution in [0.2, 0.25) is 0 Å². The van der Waals surface area contributed by atoms with Crippen molar-refractivity contribution in [1.29, 1.82) is 0 Å². The van der Waals surface area contributed by atoms with E-state index in [1.54, 1.807) is 0 Å². The Balaban J connectivity index is 4.40. The van der Waals surface area contributed by atoms with E-state index in [-0.39, 0.29) is 19.3 Å². The van der Waals surface area contributed by atoms with Crippen LogP contribution in [0.4, 0.5) is 0 Å². The molecule has 0 aromatic carbocycles. The van der Waals surface area contributed by atoms with Crippen molar-refractivity contribution in [2.45, 2.75) is 322 Å². The monoisotopic (exact) mass is 1320 g/mol. The molecule has 5 unspecified atom stereocenters. The quantitative estimate of drug-likeness (QED) is 0.0146. The predicted molar refractivity (Wildman–Crippen MR) is 371 cm³/mol. The molecule has 0 aliphatic rings. The van der Waals surface area contributed by atoms with Gasteiger partial charge in [-0.25, -0.2) is 9.13 Å². The summed E-state index contributed by atoms with van der Waals surface area (Å²) in [5.41, 5.74) is 0. The van der Waals surface area contributed by atoms with Crippen molar-refractivity contribution < 1.29 is 75.8 Å². The van der Waals surface area contributed by atoms with Gasteiger partial charge in [-0.15, -0.1) is 0 Å². The van der Waals surface area contributed by atoms with E-state index >= 15 is 0 Å². The molecule has 0 rings (SSSR count). The van der Waals surface area contributed by atoms with Gasteiger partial charge in [0.1, 0.15) is 25.4 Å². The molecule has 0 aromatic rings. The molecule has 0 aliphatic carbocycles. The summed E-state index contributed by atoms with van der Waals surface area (Å²) in [6.07, 6.45) is 72.3. The fraction of sp³-hybridized carbons (Fsp3) is 0.767. The average Bonchev–Trinajstić information content (AvgIpc) is 3.72. The Bertz CT molecular complexity index is 2000. The maximum atomic E-state index is 12.9. The van der Waals surface area contributed by atoms with Crippen LogP contribution in [-0.2, 0) is 55.8 Å². The molecule has 0 bridgehead atoms. The highest BCUT2D eigenvalue weighted by Gasteiger charge is 2.29. The third-order valence-electron chi connectivity index (χ3n) is 15.1. The lowest BCUT2D eigenvalue weighted by molar-refractivity contribution is -0.161. The first kappa shape index (κ1) is 87.7. The molecule has 4 N–H and O–H groups in total. The van der Waals surface area contributed by atoms with Crippen LogP contribution in [0.25, 0.3) is 0 Å². The maximum Gasteiger partial charge on any atom is 0.472 e. The van der Waals surface area contributed by atoms with Crippen molar-refractivity contribution in [3.8, 4) is 0 Å². The number of phosphoric acid groups is 2. The first-order chi connectivity index (χ1) is 44.2. The molecule has 0 heterocycles. The van der Waals surface area contributed by atoms with Crippen LogP contribution in [0.3, 0.4) is 0 Å². The highest BCUT2D eigenvalue weighted by Crippen LogP contribution is 2.45. The molecule has 16 nitrogen and oxygen atoms in total. The fourth-order valence-electron chi connectivity index (χ4n) is 9.57.